The molecule has 0 radical (unpaired) electrons. The second-order valence-electron chi connectivity index (χ2n) is 4.84. The number of rotatable bonds is 6. The van der Waals surface area contributed by atoms with Crippen LogP contribution in [0.4, 0.5) is 0 Å². The van der Waals surface area contributed by atoms with Crippen molar-refractivity contribution >= 4 is 0 Å². The molecule has 0 aliphatic heterocycles. The number of nitrogens with one attached hydrogen (secondary N) is 1. The fourth-order valence-electron chi connectivity index (χ4n) is 1.35. The van der Waals surface area contributed by atoms with Gasteiger partial charge in [-0.05, 0) is 25.0 Å². The highest BCUT2D eigenvalue weighted by Gasteiger charge is 2.24. The van der Waals surface area contributed by atoms with E-state index in [0.717, 1.165) is 17.9 Å². The monoisotopic (exact) mass is 225 g/mol. The van der Waals surface area contributed by atoms with E-state index in [1.807, 2.05) is 32.9 Å². The van der Waals surface area contributed by atoms with Crippen molar-refractivity contribution in [1.82, 2.24) is 5.32 Å². The van der Waals surface area contributed by atoms with Gasteiger partial charge in [-0.15, -0.1) is 0 Å². The quantitative estimate of drug-likeness (QED) is 0.781. The Bertz CT molecular complexity index is 315. The third-order valence-electron chi connectivity index (χ3n) is 3.09. The number of aliphatic hydroxyl groups is 1. The molecule has 0 saturated heterocycles. The Labute approximate surface area is 97.9 Å². The summed E-state index contributed by atoms with van der Waals surface area (Å²) in [5.41, 5.74) is -0.666. The van der Waals surface area contributed by atoms with Gasteiger partial charge in [0.15, 0.2) is 0 Å². The predicted octanol–water partition coefficient (Wildman–Crippen LogP) is 2.34. The molecule has 1 aromatic heterocycles. The van der Waals surface area contributed by atoms with Crippen molar-refractivity contribution < 1.29 is 9.52 Å². The Hall–Kier alpha value is -0.800. The summed E-state index contributed by atoms with van der Waals surface area (Å²) in [7, 11) is 0. The molecule has 0 spiro atoms. The zero-order chi connectivity index (χ0) is 12.2. The molecular formula is C13H23NO2. The third-order valence-corrected chi connectivity index (χ3v) is 3.09. The minimum absolute atomic E-state index is 0.239. The first-order valence-electron chi connectivity index (χ1n) is 5.96. The van der Waals surface area contributed by atoms with Crippen LogP contribution in [-0.2, 0) is 13.0 Å². The average Bonchev–Trinajstić information content (AvgIpc) is 2.65. The summed E-state index contributed by atoms with van der Waals surface area (Å²) in [5, 5.41) is 13.2. The fraction of sp³-hybridized carbons (Fsp3) is 0.692. The summed E-state index contributed by atoms with van der Waals surface area (Å²) in [4.78, 5) is 0. The highest BCUT2D eigenvalue weighted by atomic mass is 16.3. The molecule has 1 atom stereocenters. The van der Waals surface area contributed by atoms with Crippen LogP contribution in [0.1, 0.15) is 39.2 Å². The Morgan fingerprint density at radius 3 is 2.50 bits per heavy atom. The maximum atomic E-state index is 10.0. The largest absolute Gasteiger partial charge is 0.465 e. The molecule has 3 nitrogen and oxygen atoms in total. The fourth-order valence-corrected chi connectivity index (χ4v) is 1.35. The Balaban J connectivity index is 2.35. The van der Waals surface area contributed by atoms with Crippen molar-refractivity contribution in [3.8, 4) is 0 Å². The molecule has 3 heteroatoms. The second-order valence-corrected chi connectivity index (χ2v) is 4.84. The molecule has 0 aliphatic rings. The SMILES string of the molecule is CCc1ccc(CNCC(C)(O)C(C)C)o1. The van der Waals surface area contributed by atoms with Crippen molar-refractivity contribution in [3.63, 3.8) is 0 Å². The van der Waals surface area contributed by atoms with Gasteiger partial charge in [-0.2, -0.15) is 0 Å². The first-order chi connectivity index (χ1) is 7.45. The van der Waals surface area contributed by atoms with E-state index >= 15 is 0 Å². The van der Waals surface area contributed by atoms with Crippen molar-refractivity contribution in [2.75, 3.05) is 6.54 Å². The first kappa shape index (κ1) is 13.3. The third kappa shape index (κ3) is 3.65. The molecule has 92 valence electrons. The molecule has 0 aromatic carbocycles. The van der Waals surface area contributed by atoms with Gasteiger partial charge in [0.25, 0.3) is 0 Å². The van der Waals surface area contributed by atoms with Gasteiger partial charge in [0.1, 0.15) is 11.5 Å². The molecule has 1 unspecified atom stereocenters. The Morgan fingerprint density at radius 2 is 2.00 bits per heavy atom. The Morgan fingerprint density at radius 1 is 1.38 bits per heavy atom. The van der Waals surface area contributed by atoms with Gasteiger partial charge in [0, 0.05) is 13.0 Å². The average molecular weight is 225 g/mol. The van der Waals surface area contributed by atoms with Crippen LogP contribution in [0.15, 0.2) is 16.5 Å². The van der Waals surface area contributed by atoms with Crippen molar-refractivity contribution in [2.45, 2.75) is 46.3 Å². The lowest BCUT2D eigenvalue weighted by atomic mass is 9.92. The summed E-state index contributed by atoms with van der Waals surface area (Å²) in [6, 6.07) is 3.98. The van der Waals surface area contributed by atoms with E-state index < -0.39 is 5.60 Å². The maximum absolute atomic E-state index is 10.0. The summed E-state index contributed by atoms with van der Waals surface area (Å²) < 4.78 is 5.56. The molecule has 1 heterocycles. The van der Waals surface area contributed by atoms with Crippen molar-refractivity contribution in [3.05, 3.63) is 23.7 Å². The van der Waals surface area contributed by atoms with Gasteiger partial charge in [-0.1, -0.05) is 20.8 Å². The molecule has 1 aromatic rings. The van der Waals surface area contributed by atoms with Crippen molar-refractivity contribution in [2.24, 2.45) is 5.92 Å². The van der Waals surface area contributed by atoms with Crippen LogP contribution < -0.4 is 5.32 Å². The zero-order valence-corrected chi connectivity index (χ0v) is 10.7. The number of hydrogen-bond acceptors (Lipinski definition) is 3. The zero-order valence-electron chi connectivity index (χ0n) is 10.7. The molecule has 0 bridgehead atoms. The maximum Gasteiger partial charge on any atom is 0.117 e. The van der Waals surface area contributed by atoms with Crippen LogP contribution in [0.25, 0.3) is 0 Å². The van der Waals surface area contributed by atoms with E-state index in [0.29, 0.717) is 13.1 Å². The van der Waals surface area contributed by atoms with E-state index in [2.05, 4.69) is 12.2 Å². The lowest BCUT2D eigenvalue weighted by molar-refractivity contribution is 0.0136. The summed E-state index contributed by atoms with van der Waals surface area (Å²) in [6.45, 7) is 9.20. The van der Waals surface area contributed by atoms with Crippen molar-refractivity contribution in [1.29, 1.82) is 0 Å². The van der Waals surface area contributed by atoms with Gasteiger partial charge in [-0.25, -0.2) is 0 Å². The number of aryl methyl sites for hydroxylation is 1. The summed E-state index contributed by atoms with van der Waals surface area (Å²) in [6.07, 6.45) is 0.920. The lowest BCUT2D eigenvalue weighted by Gasteiger charge is -2.27. The van der Waals surface area contributed by atoms with E-state index in [9.17, 15) is 5.11 Å². The van der Waals surface area contributed by atoms with Crippen LogP contribution in [0.3, 0.4) is 0 Å². The van der Waals surface area contributed by atoms with Crippen LogP contribution in [0.5, 0.6) is 0 Å². The topological polar surface area (TPSA) is 45.4 Å². The van der Waals surface area contributed by atoms with Gasteiger partial charge < -0.3 is 14.8 Å². The normalized spacial score (nSPS) is 15.4. The molecule has 0 fully saturated rings. The van der Waals surface area contributed by atoms with Crippen LogP contribution >= 0.6 is 0 Å². The number of hydrogen-bond donors (Lipinski definition) is 2. The second kappa shape index (κ2) is 5.51. The minimum Gasteiger partial charge on any atom is -0.465 e. The smallest absolute Gasteiger partial charge is 0.117 e. The van der Waals surface area contributed by atoms with E-state index in [-0.39, 0.29) is 5.92 Å². The molecule has 1 rings (SSSR count). The first-order valence-corrected chi connectivity index (χ1v) is 5.96. The van der Waals surface area contributed by atoms with E-state index in [4.69, 9.17) is 4.42 Å². The minimum atomic E-state index is -0.666. The van der Waals surface area contributed by atoms with Gasteiger partial charge in [0.05, 0.1) is 12.1 Å². The molecular weight excluding hydrogens is 202 g/mol. The van der Waals surface area contributed by atoms with E-state index in [1.54, 1.807) is 0 Å². The molecule has 0 saturated carbocycles. The van der Waals surface area contributed by atoms with Gasteiger partial charge >= 0.3 is 0 Å². The summed E-state index contributed by atoms with van der Waals surface area (Å²) >= 11 is 0. The standard InChI is InChI=1S/C13H23NO2/c1-5-11-6-7-12(16-11)8-14-9-13(4,15)10(2)3/h6-7,10,14-15H,5,8-9H2,1-4H3. The highest BCUT2D eigenvalue weighted by molar-refractivity contribution is 5.06. The highest BCUT2D eigenvalue weighted by Crippen LogP contribution is 2.15. The summed E-state index contributed by atoms with van der Waals surface area (Å²) in [5.74, 6) is 2.17. The molecule has 0 aliphatic carbocycles. The predicted molar refractivity (Wildman–Crippen MR) is 65.3 cm³/mol. The van der Waals surface area contributed by atoms with Gasteiger partial charge in [0.2, 0.25) is 0 Å². The Kier molecular flexibility index (Phi) is 4.56. The van der Waals surface area contributed by atoms with Crippen LogP contribution in [0, 0.1) is 5.92 Å². The van der Waals surface area contributed by atoms with Crippen LogP contribution in [0.2, 0.25) is 0 Å². The van der Waals surface area contributed by atoms with Gasteiger partial charge in [-0.3, -0.25) is 0 Å². The van der Waals surface area contributed by atoms with Crippen LogP contribution in [-0.4, -0.2) is 17.3 Å². The number of furan rings is 1. The molecule has 16 heavy (non-hydrogen) atoms. The lowest BCUT2D eigenvalue weighted by Crippen LogP contribution is -2.41. The molecule has 2 N–H and O–H groups in total. The molecule has 0 amide bonds. The van der Waals surface area contributed by atoms with E-state index in [1.165, 1.54) is 0 Å².